The fourth-order valence-corrected chi connectivity index (χ4v) is 12.4. The molecular formula is C49H60N4+2. The highest BCUT2D eigenvalue weighted by Gasteiger charge is 2.73. The van der Waals surface area contributed by atoms with Crippen LogP contribution in [-0.4, -0.2) is 29.7 Å². The van der Waals surface area contributed by atoms with Gasteiger partial charge in [0.15, 0.2) is 11.4 Å². The summed E-state index contributed by atoms with van der Waals surface area (Å²) < 4.78 is 11.6. The topological polar surface area (TPSA) is 15.9 Å². The molecule has 4 heteroatoms. The zero-order valence-corrected chi connectivity index (χ0v) is 35.5. The van der Waals surface area contributed by atoms with Crippen molar-refractivity contribution in [2.24, 2.45) is 0 Å². The predicted molar refractivity (Wildman–Crippen MR) is 223 cm³/mol. The van der Waals surface area contributed by atoms with E-state index < -0.39 is 5.91 Å². The quantitative estimate of drug-likeness (QED) is 0.162. The zero-order chi connectivity index (χ0) is 38.1. The lowest BCUT2D eigenvalue weighted by Gasteiger charge is -2.39. The van der Waals surface area contributed by atoms with E-state index in [9.17, 15) is 0 Å². The van der Waals surface area contributed by atoms with Crippen LogP contribution in [0.5, 0.6) is 0 Å². The highest BCUT2D eigenvalue weighted by atomic mass is 15.6. The summed E-state index contributed by atoms with van der Waals surface area (Å²) in [5.74, 6) is -0.673. The molecule has 1 spiro atoms. The van der Waals surface area contributed by atoms with E-state index in [1.54, 1.807) is 22.5 Å². The average molecular weight is 705 g/mol. The molecule has 0 amide bonds. The Morgan fingerprint density at radius 1 is 0.396 bits per heavy atom. The molecule has 0 saturated heterocycles. The molecule has 6 heterocycles. The molecular weight excluding hydrogens is 645 g/mol. The summed E-state index contributed by atoms with van der Waals surface area (Å²) in [6, 6.07) is 0. The molecule has 6 aliphatic rings. The van der Waals surface area contributed by atoms with Crippen molar-refractivity contribution >= 4 is 34.0 Å². The maximum atomic E-state index is 2.91. The summed E-state index contributed by atoms with van der Waals surface area (Å²) in [5.41, 5.74) is 38.0. The fourth-order valence-electron chi connectivity index (χ4n) is 12.4. The first-order chi connectivity index (χ1) is 25.2. The lowest BCUT2D eigenvalue weighted by Crippen LogP contribution is -2.63. The van der Waals surface area contributed by atoms with Gasteiger partial charge in [0, 0.05) is 36.4 Å². The third kappa shape index (κ3) is 3.56. The lowest BCUT2D eigenvalue weighted by atomic mass is 9.86. The summed E-state index contributed by atoms with van der Waals surface area (Å²) in [7, 11) is 0. The van der Waals surface area contributed by atoms with Crippen LogP contribution in [0.2, 0.25) is 0 Å². The van der Waals surface area contributed by atoms with Gasteiger partial charge in [-0.3, -0.25) is 0 Å². The second-order valence-electron chi connectivity index (χ2n) is 17.1. The zero-order valence-electron chi connectivity index (χ0n) is 35.5. The Labute approximate surface area is 318 Å². The Balaban J connectivity index is 0.00000183. The molecule has 274 valence electrons. The molecule has 0 N–H and O–H groups in total. The molecule has 4 aliphatic heterocycles. The first-order valence-corrected chi connectivity index (χ1v) is 20.6. The summed E-state index contributed by atoms with van der Waals surface area (Å²) >= 11 is 0. The first kappa shape index (κ1) is 34.6. The van der Waals surface area contributed by atoms with Crippen LogP contribution in [0.1, 0.15) is 166 Å². The van der Waals surface area contributed by atoms with Gasteiger partial charge in [-0.25, -0.2) is 9.13 Å². The molecule has 0 fully saturated rings. The van der Waals surface area contributed by atoms with Gasteiger partial charge in [0.2, 0.25) is 11.4 Å². The monoisotopic (exact) mass is 704 g/mol. The molecule has 2 aromatic heterocycles. The molecule has 10 rings (SSSR count). The third-order valence-electron chi connectivity index (χ3n) is 15.3. The van der Waals surface area contributed by atoms with Gasteiger partial charge >= 0.3 is 5.91 Å². The van der Waals surface area contributed by atoms with E-state index in [2.05, 4.69) is 115 Å². The molecule has 0 bridgehead atoms. The molecule has 2 aromatic carbocycles. The summed E-state index contributed by atoms with van der Waals surface area (Å²) in [5, 5.41) is 0. The third-order valence-corrected chi connectivity index (χ3v) is 15.3. The standard InChI is InChI=1S/C47H54N4.C2H6/c1-21-23(3)27(7)41-39(25(21)5)33(13)48-45(41)31(11)43-29(9)35-17-15-19-37(35)50(43)47(48)49-34(14)40-26(6)22(2)24(4)28(8)42(40)46(49)32(12)44-30(10)36-18-16-20-38(36)51(44)47;1-2/h15-20H2,1-14H3;1-2H3/q+2;. The van der Waals surface area contributed by atoms with Crippen molar-refractivity contribution in [3.63, 3.8) is 0 Å². The molecule has 0 atom stereocenters. The van der Waals surface area contributed by atoms with Crippen LogP contribution in [0, 0.1) is 69.2 Å². The van der Waals surface area contributed by atoms with Crippen molar-refractivity contribution in [1.29, 1.82) is 0 Å². The minimum absolute atomic E-state index is 0.673. The van der Waals surface area contributed by atoms with Crippen molar-refractivity contribution in [1.82, 2.24) is 9.13 Å². The first-order valence-electron chi connectivity index (χ1n) is 20.6. The highest BCUT2D eigenvalue weighted by Crippen LogP contribution is 2.59. The molecule has 0 saturated carbocycles. The van der Waals surface area contributed by atoms with E-state index in [1.165, 1.54) is 149 Å². The van der Waals surface area contributed by atoms with Crippen molar-refractivity contribution in [3.05, 3.63) is 112 Å². The van der Waals surface area contributed by atoms with Crippen LogP contribution < -0.4 is 0 Å². The number of hydrogen-bond donors (Lipinski definition) is 0. The Bertz CT molecular complexity index is 2410. The number of hydrogen-bond acceptors (Lipinski definition) is 0. The SMILES string of the molecule is CC.CC1=C2c3c(C)c(C)c(C)c(C)c3C(C)=[N+]2C2(n3c4c(c(C)c31)CCC4)n1c3c(c(C)c1C(C)=C1c4c(C)c(C)c(C)c(C)c4C(C)=[N+]12)CCC3. The number of benzene rings is 2. The van der Waals surface area contributed by atoms with Crippen LogP contribution >= 0.6 is 0 Å². The molecule has 4 nitrogen and oxygen atoms in total. The van der Waals surface area contributed by atoms with Crippen molar-refractivity contribution < 1.29 is 9.15 Å². The summed E-state index contributed by atoms with van der Waals surface area (Å²) in [6.45, 7) is 37.6. The summed E-state index contributed by atoms with van der Waals surface area (Å²) in [6.07, 6.45) is 7.06. The smallest absolute Gasteiger partial charge is 0.202 e. The van der Waals surface area contributed by atoms with E-state index >= 15 is 0 Å². The molecule has 2 aliphatic carbocycles. The van der Waals surface area contributed by atoms with Gasteiger partial charge in [0.05, 0.1) is 33.6 Å². The van der Waals surface area contributed by atoms with Crippen LogP contribution in [0.15, 0.2) is 0 Å². The maximum absolute atomic E-state index is 2.91. The van der Waals surface area contributed by atoms with Crippen LogP contribution in [-0.2, 0) is 31.6 Å². The van der Waals surface area contributed by atoms with E-state index in [1.807, 2.05) is 13.8 Å². The van der Waals surface area contributed by atoms with Gasteiger partial charge in [0.1, 0.15) is 0 Å². The Morgan fingerprint density at radius 3 is 1.06 bits per heavy atom. The molecule has 0 radical (unpaired) electrons. The second-order valence-corrected chi connectivity index (χ2v) is 17.1. The lowest BCUT2D eigenvalue weighted by molar-refractivity contribution is -0.805. The highest BCUT2D eigenvalue weighted by molar-refractivity contribution is 6.12. The second kappa shape index (κ2) is 11.0. The van der Waals surface area contributed by atoms with E-state index in [0.29, 0.717) is 0 Å². The van der Waals surface area contributed by atoms with Gasteiger partial charge in [-0.15, -0.1) is 0 Å². The Kier molecular flexibility index (Phi) is 7.15. The number of allylic oxidation sites excluding steroid dienone is 2. The van der Waals surface area contributed by atoms with Crippen LogP contribution in [0.25, 0.3) is 22.5 Å². The molecule has 4 aromatic rings. The summed E-state index contributed by atoms with van der Waals surface area (Å²) in [4.78, 5) is 0. The maximum Gasteiger partial charge on any atom is 0.552 e. The van der Waals surface area contributed by atoms with Gasteiger partial charge in [-0.1, -0.05) is 23.0 Å². The predicted octanol–water partition coefficient (Wildman–Crippen LogP) is 11.0. The number of nitrogens with zero attached hydrogens (tertiary/aromatic N) is 4. The van der Waals surface area contributed by atoms with Crippen LogP contribution in [0.4, 0.5) is 0 Å². The van der Waals surface area contributed by atoms with Gasteiger partial charge in [0.25, 0.3) is 0 Å². The van der Waals surface area contributed by atoms with Gasteiger partial charge in [-0.2, -0.15) is 0 Å². The van der Waals surface area contributed by atoms with Crippen LogP contribution in [0.3, 0.4) is 0 Å². The number of fused-ring (bicyclic) bond motifs is 16. The van der Waals surface area contributed by atoms with Gasteiger partial charge < -0.3 is 0 Å². The minimum Gasteiger partial charge on any atom is -0.202 e. The van der Waals surface area contributed by atoms with Crippen molar-refractivity contribution in [2.75, 3.05) is 0 Å². The van der Waals surface area contributed by atoms with E-state index in [-0.39, 0.29) is 0 Å². The van der Waals surface area contributed by atoms with Crippen molar-refractivity contribution in [2.45, 2.75) is 155 Å². The average Bonchev–Trinajstić information content (AvgIpc) is 3.99. The minimum atomic E-state index is -0.673. The van der Waals surface area contributed by atoms with Crippen molar-refractivity contribution in [3.8, 4) is 0 Å². The Morgan fingerprint density at radius 2 is 0.717 bits per heavy atom. The molecule has 0 unspecified atom stereocenters. The van der Waals surface area contributed by atoms with Gasteiger partial charge in [-0.05, 0) is 188 Å². The number of rotatable bonds is 0. The largest absolute Gasteiger partial charge is 0.552 e. The fraction of sp³-hybridized carbons (Fsp3) is 0.469. The Hall–Kier alpha value is -4.18. The molecule has 53 heavy (non-hydrogen) atoms. The normalized spacial score (nSPS) is 18.3. The number of aromatic nitrogens is 2. The van der Waals surface area contributed by atoms with E-state index in [4.69, 9.17) is 0 Å². The van der Waals surface area contributed by atoms with E-state index in [0.717, 1.165) is 12.8 Å².